The van der Waals surface area contributed by atoms with Crippen LogP contribution >= 0.6 is 11.8 Å². The molecule has 32 heavy (non-hydrogen) atoms. The van der Waals surface area contributed by atoms with Gasteiger partial charge in [0.25, 0.3) is 0 Å². The Morgan fingerprint density at radius 1 is 1.22 bits per heavy atom. The maximum atomic E-state index is 13.5. The minimum Gasteiger partial charge on any atom is -0.459 e. The summed E-state index contributed by atoms with van der Waals surface area (Å²) in [5.41, 5.74) is -1.83. The van der Waals surface area contributed by atoms with E-state index in [1.54, 1.807) is 26.8 Å². The largest absolute Gasteiger partial charge is 0.459 e. The summed E-state index contributed by atoms with van der Waals surface area (Å²) < 4.78 is 41.1. The van der Waals surface area contributed by atoms with Gasteiger partial charge in [0.05, 0.1) is 18.6 Å². The highest BCUT2D eigenvalue weighted by molar-refractivity contribution is 8.18. The van der Waals surface area contributed by atoms with E-state index in [0.29, 0.717) is 26.1 Å². The van der Waals surface area contributed by atoms with Crippen LogP contribution in [0.4, 0.5) is 0 Å². The van der Waals surface area contributed by atoms with Crippen molar-refractivity contribution in [1.82, 2.24) is 9.62 Å². The number of ether oxygens (including phenoxy) is 2. The van der Waals surface area contributed by atoms with Gasteiger partial charge >= 0.3 is 5.97 Å². The number of nitrogens with one attached hydrogen (secondary N) is 1. The Hall–Kier alpha value is -1.39. The van der Waals surface area contributed by atoms with Crippen molar-refractivity contribution in [3.63, 3.8) is 0 Å². The van der Waals surface area contributed by atoms with Crippen LogP contribution in [-0.2, 0) is 29.7 Å². The van der Waals surface area contributed by atoms with E-state index in [9.17, 15) is 13.2 Å². The molecule has 1 saturated carbocycles. The zero-order chi connectivity index (χ0) is 23.2. The van der Waals surface area contributed by atoms with E-state index in [1.807, 2.05) is 37.3 Å². The lowest BCUT2D eigenvalue weighted by molar-refractivity contribution is -0.158. The maximum absolute atomic E-state index is 13.5. The Labute approximate surface area is 195 Å². The Bertz CT molecular complexity index is 999. The van der Waals surface area contributed by atoms with Gasteiger partial charge in [-0.3, -0.25) is 4.90 Å². The number of benzene rings is 1. The smallest absolute Gasteiger partial charge is 0.328 e. The van der Waals surface area contributed by atoms with Gasteiger partial charge in [-0.05, 0) is 39.2 Å². The van der Waals surface area contributed by atoms with Crippen LogP contribution in [0.25, 0.3) is 0 Å². The lowest BCUT2D eigenvalue weighted by atomic mass is 9.93. The third-order valence-corrected chi connectivity index (χ3v) is 9.78. The molecule has 1 aromatic carbocycles. The van der Waals surface area contributed by atoms with Crippen molar-refractivity contribution >= 4 is 27.8 Å². The normalized spacial score (nSPS) is 31.2. The van der Waals surface area contributed by atoms with E-state index < -0.39 is 32.5 Å². The molecule has 7 nitrogen and oxygen atoms in total. The predicted octanol–water partition coefficient (Wildman–Crippen LogP) is 2.98. The summed E-state index contributed by atoms with van der Waals surface area (Å²) >= 11 is 1.34. The summed E-state index contributed by atoms with van der Waals surface area (Å²) in [5, 5.41) is 0.0719. The second-order valence-electron chi connectivity index (χ2n) is 9.87. The molecule has 0 amide bonds. The van der Waals surface area contributed by atoms with Crippen molar-refractivity contribution in [2.45, 2.75) is 62.5 Å². The van der Waals surface area contributed by atoms with E-state index in [2.05, 4.69) is 9.62 Å². The molecule has 9 heteroatoms. The van der Waals surface area contributed by atoms with Gasteiger partial charge < -0.3 is 9.47 Å². The lowest BCUT2D eigenvalue weighted by Gasteiger charge is -2.31. The van der Waals surface area contributed by atoms with E-state index in [4.69, 9.17) is 9.47 Å². The molecule has 4 rings (SSSR count). The van der Waals surface area contributed by atoms with Crippen molar-refractivity contribution in [1.29, 1.82) is 0 Å². The van der Waals surface area contributed by atoms with E-state index in [-0.39, 0.29) is 9.61 Å². The Morgan fingerprint density at radius 3 is 2.50 bits per heavy atom. The van der Waals surface area contributed by atoms with Crippen LogP contribution in [0.15, 0.2) is 40.6 Å². The number of hydrogen-bond donors (Lipinski definition) is 1. The van der Waals surface area contributed by atoms with E-state index in [0.717, 1.165) is 18.7 Å². The third-order valence-electron chi connectivity index (χ3n) is 6.36. The van der Waals surface area contributed by atoms with Crippen LogP contribution in [0.5, 0.6) is 0 Å². The van der Waals surface area contributed by atoms with Gasteiger partial charge in [0.2, 0.25) is 10.0 Å². The monoisotopic (exact) mass is 480 g/mol. The molecule has 2 aliphatic heterocycles. The first kappa shape index (κ1) is 23.8. The standard InChI is InChI=1S/C23H32N2O5S2/c1-21(2,3)30-20(26)23(16-22(23,4)17-8-6-5-7-9-17)24-32(27,28)19-11-10-18(31-19)25-12-14-29-15-13-25/h5-9,11,18,24H,10,12-16H2,1-4H3. The number of rotatable bonds is 6. The minimum absolute atomic E-state index is 0.0719. The van der Waals surface area contributed by atoms with Crippen LogP contribution < -0.4 is 4.72 Å². The fourth-order valence-electron chi connectivity index (χ4n) is 4.46. The van der Waals surface area contributed by atoms with Gasteiger partial charge in [0.15, 0.2) is 0 Å². The fraction of sp³-hybridized carbons (Fsp3) is 0.609. The van der Waals surface area contributed by atoms with Crippen molar-refractivity contribution in [2.24, 2.45) is 0 Å². The molecular weight excluding hydrogens is 448 g/mol. The molecule has 0 aromatic heterocycles. The molecule has 0 bridgehead atoms. The van der Waals surface area contributed by atoms with Crippen LogP contribution in [0, 0.1) is 0 Å². The van der Waals surface area contributed by atoms with Gasteiger partial charge in [-0.2, -0.15) is 4.72 Å². The van der Waals surface area contributed by atoms with Gasteiger partial charge in [0.1, 0.15) is 15.4 Å². The van der Waals surface area contributed by atoms with Crippen molar-refractivity contribution in [2.75, 3.05) is 26.3 Å². The van der Waals surface area contributed by atoms with Crippen LogP contribution in [0.2, 0.25) is 0 Å². The Kier molecular flexibility index (Phi) is 6.26. The number of thioether (sulfide) groups is 1. The molecular formula is C23H32N2O5S2. The van der Waals surface area contributed by atoms with Crippen molar-refractivity contribution in [3.05, 3.63) is 46.2 Å². The molecule has 3 unspecified atom stereocenters. The number of carbonyl (C=O) groups excluding carboxylic acids is 1. The molecule has 0 radical (unpaired) electrons. The van der Waals surface area contributed by atoms with Crippen molar-refractivity contribution < 1.29 is 22.7 Å². The summed E-state index contributed by atoms with van der Waals surface area (Å²) in [7, 11) is -3.89. The minimum atomic E-state index is -3.89. The predicted molar refractivity (Wildman–Crippen MR) is 126 cm³/mol. The molecule has 176 valence electrons. The topological polar surface area (TPSA) is 84.9 Å². The van der Waals surface area contributed by atoms with E-state index in [1.165, 1.54) is 11.8 Å². The first-order valence-corrected chi connectivity index (χ1v) is 13.3. The summed E-state index contributed by atoms with van der Waals surface area (Å²) in [6.07, 6.45) is 2.76. The van der Waals surface area contributed by atoms with Crippen LogP contribution in [0.1, 0.15) is 46.1 Å². The molecule has 3 atom stereocenters. The summed E-state index contributed by atoms with van der Waals surface area (Å²) in [6, 6.07) is 9.56. The van der Waals surface area contributed by atoms with Crippen molar-refractivity contribution in [3.8, 4) is 0 Å². The first-order chi connectivity index (χ1) is 15.0. The quantitative estimate of drug-likeness (QED) is 0.627. The molecule has 1 aromatic rings. The molecule has 1 N–H and O–H groups in total. The summed E-state index contributed by atoms with van der Waals surface area (Å²) in [6.45, 7) is 10.2. The number of morpholine rings is 1. The Morgan fingerprint density at radius 2 is 1.88 bits per heavy atom. The number of hydrogen-bond acceptors (Lipinski definition) is 7. The first-order valence-electron chi connectivity index (χ1n) is 11.0. The van der Waals surface area contributed by atoms with Gasteiger partial charge in [-0.15, -0.1) is 0 Å². The average Bonchev–Trinajstić information content (AvgIpc) is 3.11. The lowest BCUT2D eigenvalue weighted by Crippen LogP contribution is -2.50. The highest BCUT2D eigenvalue weighted by atomic mass is 32.3. The average molecular weight is 481 g/mol. The molecule has 2 fully saturated rings. The molecule has 0 spiro atoms. The van der Waals surface area contributed by atoms with E-state index >= 15 is 0 Å². The van der Waals surface area contributed by atoms with Gasteiger partial charge in [-0.1, -0.05) is 55.1 Å². The SMILES string of the molecule is CC(C)(C)OC(=O)C1(NS(=O)(=O)C2=CCC(N3CCOCC3)S2)CC1(C)c1ccccc1. The number of esters is 1. The summed E-state index contributed by atoms with van der Waals surface area (Å²) in [4.78, 5) is 15.6. The molecule has 1 aliphatic carbocycles. The second kappa shape index (κ2) is 8.43. The van der Waals surface area contributed by atoms with Crippen LogP contribution in [0.3, 0.4) is 0 Å². The van der Waals surface area contributed by atoms with Crippen LogP contribution in [-0.4, -0.2) is 62.1 Å². The number of nitrogens with zero attached hydrogens (tertiary/aromatic N) is 1. The zero-order valence-corrected chi connectivity index (χ0v) is 20.7. The maximum Gasteiger partial charge on any atom is 0.328 e. The molecule has 2 heterocycles. The molecule has 3 aliphatic rings. The number of sulfonamides is 1. The number of carbonyl (C=O) groups is 1. The third kappa shape index (κ3) is 4.50. The fourth-order valence-corrected chi connectivity index (χ4v) is 7.70. The highest BCUT2D eigenvalue weighted by Gasteiger charge is 2.73. The second-order valence-corrected chi connectivity index (χ2v) is 13.0. The molecule has 1 saturated heterocycles. The Balaban J connectivity index is 1.57. The zero-order valence-electron chi connectivity index (χ0n) is 19.1. The summed E-state index contributed by atoms with van der Waals surface area (Å²) in [5.74, 6) is -0.534. The van der Waals surface area contributed by atoms with Gasteiger partial charge in [0, 0.05) is 18.5 Å². The highest BCUT2D eigenvalue weighted by Crippen LogP contribution is 2.59. The van der Waals surface area contributed by atoms with Gasteiger partial charge in [-0.25, -0.2) is 13.2 Å².